The second-order valence-electron chi connectivity index (χ2n) is 7.35. The van der Waals surface area contributed by atoms with Crippen molar-refractivity contribution in [3.63, 3.8) is 0 Å². The van der Waals surface area contributed by atoms with E-state index in [1.54, 1.807) is 36.4 Å². The highest BCUT2D eigenvalue weighted by Gasteiger charge is 2.17. The van der Waals surface area contributed by atoms with Crippen molar-refractivity contribution in [2.45, 2.75) is 38.5 Å². The molecule has 0 saturated heterocycles. The Morgan fingerprint density at radius 3 is 2.50 bits per heavy atom. The summed E-state index contributed by atoms with van der Waals surface area (Å²) in [5.41, 5.74) is 0.494. The molecule has 1 aliphatic rings. The highest BCUT2D eigenvalue weighted by molar-refractivity contribution is 9.10. The molecule has 5 nitrogen and oxygen atoms in total. The Kier molecular flexibility index (Phi) is 7.94. The lowest BCUT2D eigenvalue weighted by Crippen LogP contribution is -2.27. The number of hydrogen-bond acceptors (Lipinski definition) is 3. The summed E-state index contributed by atoms with van der Waals surface area (Å²) in [7, 11) is 0. The standard InChI is InChI=1S/C23H23BrClNO4/c24-17-8-11-21(19(25)14-17)30-18-9-5-16(6-10-18)13-20(23(28)29)26-22(27)12-7-15-3-1-2-4-15/h5-6,8-11,13-15H,1-4,7,12H2,(H,26,27)(H,28,29). The topological polar surface area (TPSA) is 75.6 Å². The van der Waals surface area contributed by atoms with Crippen LogP contribution >= 0.6 is 27.5 Å². The van der Waals surface area contributed by atoms with Crippen LogP contribution < -0.4 is 10.1 Å². The number of carboxylic acids is 1. The van der Waals surface area contributed by atoms with Crippen molar-refractivity contribution >= 4 is 45.5 Å². The van der Waals surface area contributed by atoms with Crippen molar-refractivity contribution in [1.29, 1.82) is 0 Å². The minimum absolute atomic E-state index is 0.143. The molecule has 1 fully saturated rings. The molecule has 0 aromatic heterocycles. The first-order valence-corrected chi connectivity index (χ1v) is 11.1. The molecule has 3 rings (SSSR count). The molecule has 1 amide bonds. The highest BCUT2D eigenvalue weighted by Crippen LogP contribution is 2.32. The molecule has 0 unspecified atom stereocenters. The molecular formula is C23H23BrClNO4. The maximum Gasteiger partial charge on any atom is 0.352 e. The van der Waals surface area contributed by atoms with E-state index < -0.39 is 5.97 Å². The molecule has 0 atom stereocenters. The number of ether oxygens (including phenoxy) is 1. The van der Waals surface area contributed by atoms with Crippen LogP contribution in [0.2, 0.25) is 5.02 Å². The summed E-state index contributed by atoms with van der Waals surface area (Å²) in [5, 5.41) is 12.4. The van der Waals surface area contributed by atoms with E-state index in [1.165, 1.54) is 18.9 Å². The van der Waals surface area contributed by atoms with Crippen LogP contribution in [0.1, 0.15) is 44.1 Å². The van der Waals surface area contributed by atoms with Gasteiger partial charge in [0.1, 0.15) is 17.2 Å². The van der Waals surface area contributed by atoms with E-state index in [2.05, 4.69) is 21.2 Å². The molecule has 1 aliphatic carbocycles. The van der Waals surface area contributed by atoms with Gasteiger partial charge in [0.2, 0.25) is 5.91 Å². The van der Waals surface area contributed by atoms with Crippen LogP contribution in [0.3, 0.4) is 0 Å². The van der Waals surface area contributed by atoms with E-state index >= 15 is 0 Å². The van der Waals surface area contributed by atoms with E-state index in [0.717, 1.165) is 23.7 Å². The number of hydrogen-bond donors (Lipinski definition) is 2. The zero-order valence-electron chi connectivity index (χ0n) is 16.4. The minimum Gasteiger partial charge on any atom is -0.477 e. The summed E-state index contributed by atoms with van der Waals surface area (Å²) in [6.07, 6.45) is 7.36. The van der Waals surface area contributed by atoms with E-state index in [0.29, 0.717) is 34.4 Å². The molecule has 1 saturated carbocycles. The number of carboxylic acid groups (broad SMARTS) is 1. The summed E-state index contributed by atoms with van der Waals surface area (Å²) in [4.78, 5) is 23.7. The summed E-state index contributed by atoms with van der Waals surface area (Å²) in [5.74, 6) is 0.226. The molecule has 2 N–H and O–H groups in total. The number of nitrogens with one attached hydrogen (secondary N) is 1. The molecule has 2 aromatic carbocycles. The molecule has 7 heteroatoms. The van der Waals surface area contributed by atoms with E-state index in [-0.39, 0.29) is 11.6 Å². The number of benzene rings is 2. The monoisotopic (exact) mass is 491 g/mol. The number of amides is 1. The van der Waals surface area contributed by atoms with Gasteiger partial charge in [0.15, 0.2) is 0 Å². The third kappa shape index (κ3) is 6.61. The van der Waals surface area contributed by atoms with Gasteiger partial charge in [-0.05, 0) is 54.3 Å². The van der Waals surface area contributed by atoms with Crippen molar-refractivity contribution in [3.8, 4) is 11.5 Å². The molecule has 30 heavy (non-hydrogen) atoms. The average molecular weight is 493 g/mol. The fraction of sp³-hybridized carbons (Fsp3) is 0.304. The second kappa shape index (κ2) is 10.6. The number of carbonyl (C=O) groups is 2. The summed E-state index contributed by atoms with van der Waals surface area (Å²) >= 11 is 9.50. The van der Waals surface area contributed by atoms with Crippen LogP contribution in [0.25, 0.3) is 6.08 Å². The predicted octanol–water partition coefficient (Wildman–Crippen LogP) is 6.41. The molecule has 0 radical (unpaired) electrons. The lowest BCUT2D eigenvalue weighted by atomic mass is 10.0. The molecular weight excluding hydrogens is 470 g/mol. The summed E-state index contributed by atoms with van der Waals surface area (Å²) in [6, 6.07) is 12.2. The Morgan fingerprint density at radius 2 is 1.87 bits per heavy atom. The number of halogens is 2. The van der Waals surface area contributed by atoms with Crippen molar-refractivity contribution in [2.75, 3.05) is 0 Å². The van der Waals surface area contributed by atoms with E-state index in [1.807, 2.05) is 6.07 Å². The first-order valence-electron chi connectivity index (χ1n) is 9.88. The molecule has 0 heterocycles. The third-order valence-corrected chi connectivity index (χ3v) is 5.86. The van der Waals surface area contributed by atoms with Gasteiger partial charge in [-0.1, -0.05) is 65.3 Å². The first-order chi connectivity index (χ1) is 14.4. The largest absolute Gasteiger partial charge is 0.477 e. The fourth-order valence-corrected chi connectivity index (χ4v) is 4.19. The van der Waals surface area contributed by atoms with Crippen LogP contribution in [0, 0.1) is 5.92 Å². The highest BCUT2D eigenvalue weighted by atomic mass is 79.9. The summed E-state index contributed by atoms with van der Waals surface area (Å²) < 4.78 is 6.61. The molecule has 0 bridgehead atoms. The number of aliphatic carboxylic acids is 1. The Bertz CT molecular complexity index is 937. The van der Waals surface area contributed by atoms with Crippen LogP contribution in [0.5, 0.6) is 11.5 Å². The van der Waals surface area contributed by atoms with Gasteiger partial charge < -0.3 is 15.2 Å². The number of carbonyl (C=O) groups excluding carboxylic acids is 1. The SMILES string of the molecule is O=C(CCC1CCCC1)NC(=Cc1ccc(Oc2ccc(Br)cc2Cl)cc1)C(=O)O. The zero-order valence-corrected chi connectivity index (χ0v) is 18.7. The zero-order chi connectivity index (χ0) is 21.5. The molecule has 0 aliphatic heterocycles. The Morgan fingerprint density at radius 1 is 1.17 bits per heavy atom. The minimum atomic E-state index is -1.17. The normalized spacial score (nSPS) is 14.5. The smallest absolute Gasteiger partial charge is 0.352 e. The van der Waals surface area contributed by atoms with Crippen molar-refractivity contribution in [2.24, 2.45) is 5.92 Å². The van der Waals surface area contributed by atoms with Gasteiger partial charge in [-0.3, -0.25) is 4.79 Å². The maximum absolute atomic E-state index is 12.2. The van der Waals surface area contributed by atoms with Gasteiger partial charge in [-0.25, -0.2) is 4.79 Å². The van der Waals surface area contributed by atoms with Crippen molar-refractivity contribution in [3.05, 3.63) is 63.2 Å². The average Bonchev–Trinajstić information content (AvgIpc) is 3.23. The fourth-order valence-electron chi connectivity index (χ4n) is 3.48. The van der Waals surface area contributed by atoms with Crippen molar-refractivity contribution in [1.82, 2.24) is 5.32 Å². The van der Waals surface area contributed by atoms with Crippen molar-refractivity contribution < 1.29 is 19.4 Å². The lowest BCUT2D eigenvalue weighted by Gasteiger charge is -2.10. The van der Waals surface area contributed by atoms with Crippen LogP contribution in [-0.2, 0) is 9.59 Å². The van der Waals surface area contributed by atoms with E-state index in [4.69, 9.17) is 16.3 Å². The third-order valence-electron chi connectivity index (χ3n) is 5.07. The van der Waals surface area contributed by atoms with Crippen LogP contribution in [-0.4, -0.2) is 17.0 Å². The van der Waals surface area contributed by atoms with E-state index in [9.17, 15) is 14.7 Å². The molecule has 0 spiro atoms. The van der Waals surface area contributed by atoms with Gasteiger partial charge in [0.05, 0.1) is 5.02 Å². The van der Waals surface area contributed by atoms with Gasteiger partial charge in [-0.2, -0.15) is 0 Å². The Balaban J connectivity index is 1.62. The van der Waals surface area contributed by atoms with Gasteiger partial charge in [0.25, 0.3) is 0 Å². The van der Waals surface area contributed by atoms with Gasteiger partial charge in [-0.15, -0.1) is 0 Å². The number of rotatable bonds is 8. The summed E-state index contributed by atoms with van der Waals surface area (Å²) in [6.45, 7) is 0. The Hall–Kier alpha value is -2.31. The van der Waals surface area contributed by atoms with Gasteiger partial charge in [0, 0.05) is 10.9 Å². The predicted molar refractivity (Wildman–Crippen MR) is 121 cm³/mol. The quantitative estimate of drug-likeness (QED) is 0.418. The van der Waals surface area contributed by atoms with Crippen LogP contribution in [0.4, 0.5) is 0 Å². The lowest BCUT2D eigenvalue weighted by molar-refractivity contribution is -0.134. The molecule has 158 valence electrons. The maximum atomic E-state index is 12.2. The molecule has 2 aromatic rings. The van der Waals surface area contributed by atoms with Gasteiger partial charge >= 0.3 is 5.97 Å². The second-order valence-corrected chi connectivity index (χ2v) is 8.67. The first kappa shape index (κ1) is 22.4. The van der Waals surface area contributed by atoms with Crippen LogP contribution in [0.15, 0.2) is 52.6 Å². The Labute approximate surface area is 189 Å².